The van der Waals surface area contributed by atoms with E-state index in [4.69, 9.17) is 4.98 Å². The second-order valence-corrected chi connectivity index (χ2v) is 7.54. The average Bonchev–Trinajstić information content (AvgIpc) is 2.73. The molecule has 0 aliphatic carbocycles. The molecule has 1 aromatic carbocycles. The molecule has 1 aliphatic heterocycles. The molecular formula is C23H33N5. The van der Waals surface area contributed by atoms with Gasteiger partial charge in [-0.3, -0.25) is 4.90 Å². The Labute approximate surface area is 169 Å². The van der Waals surface area contributed by atoms with Crippen LogP contribution in [0.15, 0.2) is 42.5 Å². The number of aryl methyl sites for hydroxylation is 1. The maximum absolute atomic E-state index is 4.85. The molecule has 0 unspecified atom stereocenters. The van der Waals surface area contributed by atoms with Crippen LogP contribution in [-0.4, -0.2) is 61.2 Å². The Morgan fingerprint density at radius 1 is 1.07 bits per heavy atom. The number of hydrogen-bond donors (Lipinski definition) is 0. The van der Waals surface area contributed by atoms with E-state index >= 15 is 0 Å². The number of unbranched alkanes of at least 4 members (excludes halogenated alkanes) is 1. The summed E-state index contributed by atoms with van der Waals surface area (Å²) >= 11 is 0. The summed E-state index contributed by atoms with van der Waals surface area (Å²) in [5.74, 6) is 1.90. The number of anilines is 2. The third kappa shape index (κ3) is 5.80. The van der Waals surface area contributed by atoms with E-state index in [0.29, 0.717) is 0 Å². The van der Waals surface area contributed by atoms with Crippen LogP contribution in [0.5, 0.6) is 0 Å². The van der Waals surface area contributed by atoms with Gasteiger partial charge in [0.05, 0.1) is 0 Å². The minimum absolute atomic E-state index is 0.844. The molecule has 1 fully saturated rings. The fourth-order valence-electron chi connectivity index (χ4n) is 3.43. The van der Waals surface area contributed by atoms with E-state index < -0.39 is 0 Å². The van der Waals surface area contributed by atoms with Crippen LogP contribution in [0.25, 0.3) is 6.08 Å². The van der Waals surface area contributed by atoms with Crippen LogP contribution in [0.4, 0.5) is 11.8 Å². The van der Waals surface area contributed by atoms with Crippen molar-refractivity contribution in [2.45, 2.75) is 26.7 Å². The van der Waals surface area contributed by atoms with Gasteiger partial charge in [0.1, 0.15) is 5.82 Å². The lowest BCUT2D eigenvalue weighted by Crippen LogP contribution is -2.46. The predicted octanol–water partition coefficient (Wildman–Crippen LogP) is 3.86. The number of benzene rings is 1. The average molecular weight is 380 g/mol. The number of hydrogen-bond acceptors (Lipinski definition) is 5. The van der Waals surface area contributed by atoms with Crippen molar-refractivity contribution in [1.29, 1.82) is 0 Å². The summed E-state index contributed by atoms with van der Waals surface area (Å²) in [5, 5.41) is 0. The first-order chi connectivity index (χ1) is 13.7. The van der Waals surface area contributed by atoms with Gasteiger partial charge in [-0.2, -0.15) is 4.98 Å². The second kappa shape index (κ2) is 10.2. The van der Waals surface area contributed by atoms with E-state index in [0.717, 1.165) is 63.1 Å². The molecule has 0 saturated carbocycles. The van der Waals surface area contributed by atoms with E-state index in [2.05, 4.69) is 89.1 Å². The zero-order valence-electron chi connectivity index (χ0n) is 17.5. The summed E-state index contributed by atoms with van der Waals surface area (Å²) in [6.45, 7) is 10.4. The van der Waals surface area contributed by atoms with Gasteiger partial charge < -0.3 is 9.80 Å². The van der Waals surface area contributed by atoms with Crippen molar-refractivity contribution in [1.82, 2.24) is 14.9 Å². The van der Waals surface area contributed by atoms with E-state index in [1.807, 2.05) is 0 Å². The normalized spacial score (nSPS) is 15.3. The van der Waals surface area contributed by atoms with Gasteiger partial charge in [0.15, 0.2) is 0 Å². The smallest absolute Gasteiger partial charge is 0.227 e. The Morgan fingerprint density at radius 2 is 1.82 bits per heavy atom. The standard InChI is InChI=1S/C23H33N5/c1-4-5-13-26(3)23-24-20(2)19-22(25-23)28-17-15-27(16-18-28)14-9-12-21-10-7-6-8-11-21/h6-12,19H,4-5,13-18H2,1-3H3/b12-9+. The van der Waals surface area contributed by atoms with Crippen molar-refractivity contribution in [2.24, 2.45) is 0 Å². The zero-order valence-corrected chi connectivity index (χ0v) is 17.5. The van der Waals surface area contributed by atoms with Crippen molar-refractivity contribution < 1.29 is 0 Å². The molecule has 2 heterocycles. The molecule has 5 nitrogen and oxygen atoms in total. The zero-order chi connectivity index (χ0) is 19.8. The molecule has 1 saturated heterocycles. The Hall–Kier alpha value is -2.40. The van der Waals surface area contributed by atoms with E-state index in [1.54, 1.807) is 0 Å². The van der Waals surface area contributed by atoms with Crippen LogP contribution >= 0.6 is 0 Å². The molecule has 0 N–H and O–H groups in total. The summed E-state index contributed by atoms with van der Waals surface area (Å²) in [4.78, 5) is 16.5. The van der Waals surface area contributed by atoms with Gasteiger partial charge in [-0.1, -0.05) is 55.8 Å². The second-order valence-electron chi connectivity index (χ2n) is 7.54. The predicted molar refractivity (Wildman–Crippen MR) is 119 cm³/mol. The largest absolute Gasteiger partial charge is 0.354 e. The van der Waals surface area contributed by atoms with Gasteiger partial charge in [-0.25, -0.2) is 4.98 Å². The molecule has 1 aromatic heterocycles. The molecule has 0 spiro atoms. The fourth-order valence-corrected chi connectivity index (χ4v) is 3.43. The Balaban J connectivity index is 1.54. The van der Waals surface area contributed by atoms with Crippen LogP contribution in [0.3, 0.4) is 0 Å². The molecule has 0 amide bonds. The highest BCUT2D eigenvalue weighted by atomic mass is 15.3. The van der Waals surface area contributed by atoms with Gasteiger partial charge in [0, 0.05) is 58.1 Å². The van der Waals surface area contributed by atoms with Crippen LogP contribution in [0.1, 0.15) is 31.0 Å². The number of piperazine rings is 1. The van der Waals surface area contributed by atoms with Crippen LogP contribution in [-0.2, 0) is 0 Å². The van der Waals surface area contributed by atoms with E-state index in [1.165, 1.54) is 12.0 Å². The monoisotopic (exact) mass is 379 g/mol. The first kappa shape index (κ1) is 20.3. The van der Waals surface area contributed by atoms with Crippen LogP contribution in [0, 0.1) is 6.92 Å². The molecule has 5 heteroatoms. The minimum atomic E-state index is 0.844. The summed E-state index contributed by atoms with van der Waals surface area (Å²) in [7, 11) is 2.09. The quantitative estimate of drug-likeness (QED) is 0.696. The topological polar surface area (TPSA) is 35.5 Å². The highest BCUT2D eigenvalue weighted by molar-refractivity contribution is 5.49. The summed E-state index contributed by atoms with van der Waals surface area (Å²) in [5.41, 5.74) is 2.30. The van der Waals surface area contributed by atoms with Crippen LogP contribution < -0.4 is 9.80 Å². The highest BCUT2D eigenvalue weighted by Gasteiger charge is 2.18. The van der Waals surface area contributed by atoms with Crippen molar-refractivity contribution in [3.05, 3.63) is 53.7 Å². The van der Waals surface area contributed by atoms with Gasteiger partial charge in [-0.05, 0) is 18.9 Å². The Morgan fingerprint density at radius 3 is 2.54 bits per heavy atom. The Bertz CT molecular complexity index is 751. The van der Waals surface area contributed by atoms with Gasteiger partial charge in [0.2, 0.25) is 5.95 Å². The van der Waals surface area contributed by atoms with Gasteiger partial charge in [0.25, 0.3) is 0 Å². The number of aromatic nitrogens is 2. The highest BCUT2D eigenvalue weighted by Crippen LogP contribution is 2.19. The Kier molecular flexibility index (Phi) is 7.43. The molecule has 0 radical (unpaired) electrons. The maximum Gasteiger partial charge on any atom is 0.227 e. The van der Waals surface area contributed by atoms with Gasteiger partial charge >= 0.3 is 0 Å². The van der Waals surface area contributed by atoms with Crippen molar-refractivity contribution in [2.75, 3.05) is 56.1 Å². The SMILES string of the molecule is CCCCN(C)c1nc(C)cc(N2CCN(C/C=C/c3ccccc3)CC2)n1. The summed E-state index contributed by atoms with van der Waals surface area (Å²) in [6.07, 6.45) is 6.82. The molecule has 28 heavy (non-hydrogen) atoms. The lowest BCUT2D eigenvalue weighted by atomic mass is 10.2. The van der Waals surface area contributed by atoms with Crippen molar-refractivity contribution in [3.8, 4) is 0 Å². The first-order valence-corrected chi connectivity index (χ1v) is 10.4. The molecular weight excluding hydrogens is 346 g/mol. The molecule has 0 bridgehead atoms. The lowest BCUT2D eigenvalue weighted by Gasteiger charge is -2.35. The van der Waals surface area contributed by atoms with Crippen molar-refractivity contribution in [3.63, 3.8) is 0 Å². The molecule has 2 aromatic rings. The molecule has 150 valence electrons. The third-order valence-corrected chi connectivity index (χ3v) is 5.19. The molecule has 0 atom stereocenters. The number of rotatable bonds is 8. The summed E-state index contributed by atoms with van der Waals surface area (Å²) in [6, 6.07) is 12.6. The third-order valence-electron chi connectivity index (χ3n) is 5.19. The summed E-state index contributed by atoms with van der Waals surface area (Å²) < 4.78 is 0. The molecule has 3 rings (SSSR count). The van der Waals surface area contributed by atoms with Crippen LogP contribution in [0.2, 0.25) is 0 Å². The van der Waals surface area contributed by atoms with E-state index in [9.17, 15) is 0 Å². The van der Waals surface area contributed by atoms with Gasteiger partial charge in [-0.15, -0.1) is 0 Å². The molecule has 1 aliphatic rings. The first-order valence-electron chi connectivity index (χ1n) is 10.4. The van der Waals surface area contributed by atoms with E-state index in [-0.39, 0.29) is 0 Å². The van der Waals surface area contributed by atoms with Crippen molar-refractivity contribution >= 4 is 17.8 Å². The fraction of sp³-hybridized carbons (Fsp3) is 0.478. The minimum Gasteiger partial charge on any atom is -0.354 e. The number of nitrogens with zero attached hydrogens (tertiary/aromatic N) is 5. The lowest BCUT2D eigenvalue weighted by molar-refractivity contribution is 0.283. The maximum atomic E-state index is 4.85.